The molecule has 0 radical (unpaired) electrons. The topological polar surface area (TPSA) is 62.1 Å². The standard InChI is InChI=1S/C24H21Cl2N3O2S/c1-27-23(16-32(30,31)21-13-11-20(26)12-14-21)29-15-22(17-5-3-2-4-6-17)24(28-29)18-7-9-19(25)10-8-18/h2-14,22H,15-16H2,1H3/t22-/m1/s1. The van der Waals surface area contributed by atoms with Crippen LogP contribution in [0.25, 0.3) is 0 Å². The lowest BCUT2D eigenvalue weighted by Crippen LogP contribution is -2.32. The van der Waals surface area contributed by atoms with E-state index in [2.05, 4.69) is 4.99 Å². The van der Waals surface area contributed by atoms with E-state index >= 15 is 0 Å². The highest BCUT2D eigenvalue weighted by atomic mass is 35.5. The summed E-state index contributed by atoms with van der Waals surface area (Å²) in [5.41, 5.74) is 2.87. The average Bonchev–Trinajstić information content (AvgIpc) is 3.24. The van der Waals surface area contributed by atoms with Crippen LogP contribution in [0, 0.1) is 0 Å². The number of halogens is 2. The Hall–Kier alpha value is -2.67. The molecular weight excluding hydrogens is 465 g/mol. The van der Waals surface area contributed by atoms with Gasteiger partial charge < -0.3 is 0 Å². The molecule has 32 heavy (non-hydrogen) atoms. The van der Waals surface area contributed by atoms with E-state index in [1.54, 1.807) is 24.2 Å². The molecule has 3 aromatic rings. The van der Waals surface area contributed by atoms with E-state index in [4.69, 9.17) is 28.3 Å². The molecule has 0 amide bonds. The second-order valence-corrected chi connectivity index (χ2v) is 10.3. The third kappa shape index (κ3) is 4.88. The van der Waals surface area contributed by atoms with Crippen molar-refractivity contribution in [1.82, 2.24) is 5.01 Å². The molecule has 1 heterocycles. The molecule has 0 fully saturated rings. The molecule has 1 aliphatic rings. The maximum Gasteiger partial charge on any atom is 0.185 e. The van der Waals surface area contributed by atoms with Crippen molar-refractivity contribution in [3.63, 3.8) is 0 Å². The molecule has 0 bridgehead atoms. The summed E-state index contributed by atoms with van der Waals surface area (Å²) < 4.78 is 26.0. The summed E-state index contributed by atoms with van der Waals surface area (Å²) in [6, 6.07) is 23.7. The molecule has 8 heteroatoms. The molecule has 0 spiro atoms. The van der Waals surface area contributed by atoms with Gasteiger partial charge in [-0.1, -0.05) is 65.7 Å². The van der Waals surface area contributed by atoms with Gasteiger partial charge in [0.1, 0.15) is 11.6 Å². The zero-order valence-corrected chi connectivity index (χ0v) is 19.6. The minimum absolute atomic E-state index is 0.0349. The highest BCUT2D eigenvalue weighted by Crippen LogP contribution is 2.30. The predicted octanol–water partition coefficient (Wildman–Crippen LogP) is 5.30. The average molecular weight is 486 g/mol. The fraction of sp³-hybridized carbons (Fsp3) is 0.167. The van der Waals surface area contributed by atoms with Gasteiger partial charge in [-0.05, 0) is 47.5 Å². The molecule has 0 saturated heterocycles. The highest BCUT2D eigenvalue weighted by Gasteiger charge is 2.33. The first-order chi connectivity index (χ1) is 15.4. The molecule has 3 aromatic carbocycles. The molecular formula is C24H21Cl2N3O2S. The zero-order chi connectivity index (χ0) is 22.7. The minimum Gasteiger partial charge on any atom is -0.273 e. The van der Waals surface area contributed by atoms with Gasteiger partial charge in [-0.15, -0.1) is 0 Å². The maximum atomic E-state index is 13.0. The van der Waals surface area contributed by atoms with Crippen molar-refractivity contribution < 1.29 is 8.42 Å². The number of benzene rings is 3. The van der Waals surface area contributed by atoms with E-state index < -0.39 is 9.84 Å². The van der Waals surface area contributed by atoms with Crippen molar-refractivity contribution in [2.24, 2.45) is 10.1 Å². The van der Waals surface area contributed by atoms with Crippen molar-refractivity contribution in [2.75, 3.05) is 19.3 Å². The Morgan fingerprint density at radius 2 is 1.56 bits per heavy atom. The van der Waals surface area contributed by atoms with E-state index in [1.165, 1.54) is 12.1 Å². The number of aliphatic imine (C=N–C) groups is 1. The Morgan fingerprint density at radius 3 is 2.16 bits per heavy atom. The lowest BCUT2D eigenvalue weighted by atomic mass is 9.91. The molecule has 0 N–H and O–H groups in total. The first kappa shape index (κ1) is 22.5. The van der Waals surface area contributed by atoms with E-state index in [0.29, 0.717) is 22.4 Å². The quantitative estimate of drug-likeness (QED) is 0.363. The van der Waals surface area contributed by atoms with Crippen LogP contribution in [0.1, 0.15) is 17.0 Å². The molecule has 0 unspecified atom stereocenters. The Morgan fingerprint density at radius 1 is 0.969 bits per heavy atom. The van der Waals surface area contributed by atoms with Gasteiger partial charge in [-0.2, -0.15) is 5.10 Å². The smallest absolute Gasteiger partial charge is 0.185 e. The van der Waals surface area contributed by atoms with Gasteiger partial charge in [0.05, 0.1) is 17.2 Å². The van der Waals surface area contributed by atoms with Crippen LogP contribution in [0.3, 0.4) is 0 Å². The van der Waals surface area contributed by atoms with Crippen molar-refractivity contribution in [2.45, 2.75) is 10.8 Å². The van der Waals surface area contributed by atoms with Gasteiger partial charge in [0.15, 0.2) is 9.84 Å². The third-order valence-corrected chi connectivity index (χ3v) is 7.44. The summed E-state index contributed by atoms with van der Waals surface area (Å²) in [6.45, 7) is 0.491. The zero-order valence-electron chi connectivity index (χ0n) is 17.3. The molecule has 5 nitrogen and oxygen atoms in total. The van der Waals surface area contributed by atoms with Crippen molar-refractivity contribution >= 4 is 44.6 Å². The number of amidine groups is 1. The molecule has 4 rings (SSSR count). The van der Waals surface area contributed by atoms with Crippen LogP contribution in [0.2, 0.25) is 10.0 Å². The van der Waals surface area contributed by atoms with Crippen LogP contribution < -0.4 is 0 Å². The van der Waals surface area contributed by atoms with Crippen LogP contribution in [-0.4, -0.2) is 44.3 Å². The lowest BCUT2D eigenvalue weighted by molar-refractivity contribution is 0.471. The van der Waals surface area contributed by atoms with Crippen molar-refractivity contribution in [3.8, 4) is 0 Å². The van der Waals surface area contributed by atoms with Gasteiger partial charge in [0, 0.05) is 23.0 Å². The normalized spacial score (nSPS) is 16.8. The first-order valence-corrected chi connectivity index (χ1v) is 12.4. The van der Waals surface area contributed by atoms with Crippen molar-refractivity contribution in [3.05, 3.63) is 100 Å². The third-order valence-electron chi connectivity index (χ3n) is 5.30. The second-order valence-electron chi connectivity index (χ2n) is 7.39. The monoisotopic (exact) mass is 485 g/mol. The van der Waals surface area contributed by atoms with Crippen LogP contribution >= 0.6 is 23.2 Å². The molecule has 0 aliphatic carbocycles. The van der Waals surface area contributed by atoms with Crippen LogP contribution in [0.5, 0.6) is 0 Å². The summed E-state index contributed by atoms with van der Waals surface area (Å²) in [5, 5.41) is 7.62. The van der Waals surface area contributed by atoms with Gasteiger partial charge in [0.2, 0.25) is 0 Å². The van der Waals surface area contributed by atoms with Gasteiger partial charge >= 0.3 is 0 Å². The summed E-state index contributed by atoms with van der Waals surface area (Å²) in [7, 11) is -2.03. The summed E-state index contributed by atoms with van der Waals surface area (Å²) in [4.78, 5) is 4.48. The first-order valence-electron chi connectivity index (χ1n) is 9.98. The fourth-order valence-electron chi connectivity index (χ4n) is 3.64. The highest BCUT2D eigenvalue weighted by molar-refractivity contribution is 7.92. The molecule has 0 aromatic heterocycles. The minimum atomic E-state index is -3.61. The molecule has 1 atom stereocenters. The number of nitrogens with zero attached hydrogens (tertiary/aromatic N) is 3. The number of hydrogen-bond donors (Lipinski definition) is 0. The van der Waals surface area contributed by atoms with Crippen LogP contribution in [0.15, 0.2) is 93.9 Å². The van der Waals surface area contributed by atoms with Crippen LogP contribution in [0.4, 0.5) is 0 Å². The number of hydrazone groups is 1. The Labute approximate surface area is 197 Å². The molecule has 0 saturated carbocycles. The van der Waals surface area contributed by atoms with Crippen molar-refractivity contribution in [1.29, 1.82) is 0 Å². The fourth-order valence-corrected chi connectivity index (χ4v) is 5.23. The Kier molecular flexibility index (Phi) is 6.65. The van der Waals surface area contributed by atoms with E-state index in [9.17, 15) is 8.42 Å². The molecule has 1 aliphatic heterocycles. The van der Waals surface area contributed by atoms with Gasteiger partial charge in [0.25, 0.3) is 0 Å². The van der Waals surface area contributed by atoms with Gasteiger partial charge in [-0.3, -0.25) is 4.99 Å². The summed E-state index contributed by atoms with van der Waals surface area (Å²) in [6.07, 6.45) is 0. The second kappa shape index (κ2) is 9.45. The Bertz CT molecular complexity index is 1260. The number of hydrogen-bond acceptors (Lipinski definition) is 4. The van der Waals surface area contributed by atoms with Gasteiger partial charge in [-0.25, -0.2) is 13.4 Å². The predicted molar refractivity (Wildman–Crippen MR) is 131 cm³/mol. The SMILES string of the molecule is CN=C(CS(=O)(=O)c1ccc(Cl)cc1)N1C[C@H](c2ccccc2)C(c2ccc(Cl)cc2)=N1. The Balaban J connectivity index is 1.67. The van der Waals surface area contributed by atoms with Crippen LogP contribution in [-0.2, 0) is 9.84 Å². The van der Waals surface area contributed by atoms with E-state index in [0.717, 1.165) is 16.8 Å². The molecule has 164 valence electrons. The maximum absolute atomic E-state index is 13.0. The largest absolute Gasteiger partial charge is 0.273 e. The van der Waals surface area contributed by atoms with E-state index in [-0.39, 0.29) is 16.6 Å². The summed E-state index contributed by atoms with van der Waals surface area (Å²) in [5.74, 6) is 0.0848. The summed E-state index contributed by atoms with van der Waals surface area (Å²) >= 11 is 12.0. The lowest BCUT2D eigenvalue weighted by Gasteiger charge is -2.18. The van der Waals surface area contributed by atoms with E-state index in [1.807, 2.05) is 54.6 Å². The number of sulfone groups is 1. The number of rotatable bonds is 5.